The lowest BCUT2D eigenvalue weighted by Crippen LogP contribution is -2.21. The first-order chi connectivity index (χ1) is 9.01. The van der Waals surface area contributed by atoms with Crippen LogP contribution in [0.4, 0.5) is 0 Å². The van der Waals surface area contributed by atoms with Gasteiger partial charge >= 0.3 is 13.6 Å². The third-order valence-corrected chi connectivity index (χ3v) is 3.78. The Morgan fingerprint density at radius 3 is 1.89 bits per heavy atom. The molecule has 0 aliphatic heterocycles. The highest BCUT2D eigenvalue weighted by Gasteiger charge is 2.40. The topological polar surface area (TPSA) is 72.8 Å². The number of aliphatic carboxylic acids is 1. The maximum Gasteiger partial charge on any atom is 0.358 e. The van der Waals surface area contributed by atoms with Gasteiger partial charge in [-0.1, -0.05) is 17.8 Å². The molecule has 0 aliphatic carbocycles. The normalized spacial score (nSPS) is 10.9. The second kappa shape index (κ2) is 9.26. The van der Waals surface area contributed by atoms with E-state index in [1.54, 1.807) is 13.8 Å². The molecule has 0 aliphatic rings. The molecule has 0 amide bonds. The standard InChI is InChI=1S/C13H15O5P/c1-4-7-10-17-19(16,18-11-8-5-2)12(9-6-3)13(14)15/h12H,10-11H2,1-3H3,(H,14,15). The van der Waals surface area contributed by atoms with Gasteiger partial charge in [0, 0.05) is 0 Å². The number of rotatable bonds is 6. The maximum atomic E-state index is 12.4. The van der Waals surface area contributed by atoms with Crippen LogP contribution in [0.15, 0.2) is 0 Å². The molecule has 102 valence electrons. The third-order valence-electron chi connectivity index (χ3n) is 1.82. The van der Waals surface area contributed by atoms with Crippen LogP contribution in [0.25, 0.3) is 0 Å². The molecule has 0 rings (SSSR count). The lowest BCUT2D eigenvalue weighted by atomic mass is 10.4. The minimum Gasteiger partial charge on any atom is -0.480 e. The summed E-state index contributed by atoms with van der Waals surface area (Å²) in [5.41, 5.74) is -1.55. The summed E-state index contributed by atoms with van der Waals surface area (Å²) >= 11 is 0. The van der Waals surface area contributed by atoms with Crippen LogP contribution in [0.1, 0.15) is 20.8 Å². The van der Waals surface area contributed by atoms with E-state index in [-0.39, 0.29) is 13.2 Å². The number of carbonyl (C=O) groups is 1. The summed E-state index contributed by atoms with van der Waals surface area (Å²) in [5, 5.41) is 9.05. The van der Waals surface area contributed by atoms with Gasteiger partial charge < -0.3 is 5.11 Å². The summed E-state index contributed by atoms with van der Waals surface area (Å²) in [6, 6.07) is 0. The zero-order chi connectivity index (χ0) is 14.7. The lowest BCUT2D eigenvalue weighted by molar-refractivity contribution is -0.135. The van der Waals surface area contributed by atoms with Crippen molar-refractivity contribution in [1.82, 2.24) is 0 Å². The van der Waals surface area contributed by atoms with Crippen molar-refractivity contribution in [3.63, 3.8) is 0 Å². The van der Waals surface area contributed by atoms with Crippen molar-refractivity contribution in [3.8, 4) is 35.5 Å². The Morgan fingerprint density at radius 1 is 1.11 bits per heavy atom. The highest BCUT2D eigenvalue weighted by molar-refractivity contribution is 7.56. The van der Waals surface area contributed by atoms with Gasteiger partial charge in [0.25, 0.3) is 0 Å². The fourth-order valence-corrected chi connectivity index (χ4v) is 2.41. The molecule has 0 aromatic carbocycles. The van der Waals surface area contributed by atoms with Crippen LogP contribution in [-0.2, 0) is 18.4 Å². The fourth-order valence-electron chi connectivity index (χ4n) is 0.988. The SMILES string of the molecule is CC#CCOP(=O)(OCC#CC)C(C#CC)C(=O)O. The van der Waals surface area contributed by atoms with Crippen molar-refractivity contribution in [2.45, 2.75) is 26.4 Å². The van der Waals surface area contributed by atoms with Gasteiger partial charge in [0.1, 0.15) is 13.2 Å². The molecular weight excluding hydrogens is 267 g/mol. The van der Waals surface area contributed by atoms with E-state index >= 15 is 0 Å². The smallest absolute Gasteiger partial charge is 0.358 e. The van der Waals surface area contributed by atoms with Crippen LogP contribution in [0.5, 0.6) is 0 Å². The predicted molar refractivity (Wildman–Crippen MR) is 71.3 cm³/mol. The molecule has 5 nitrogen and oxygen atoms in total. The summed E-state index contributed by atoms with van der Waals surface area (Å²) in [6.07, 6.45) is 0. The summed E-state index contributed by atoms with van der Waals surface area (Å²) in [7, 11) is -3.94. The minimum absolute atomic E-state index is 0.192. The van der Waals surface area contributed by atoms with E-state index in [0.717, 1.165) is 0 Å². The van der Waals surface area contributed by atoms with E-state index in [9.17, 15) is 9.36 Å². The fraction of sp³-hybridized carbons (Fsp3) is 0.462. The first-order valence-corrected chi connectivity index (χ1v) is 6.96. The number of hydrogen-bond donors (Lipinski definition) is 1. The molecule has 0 fully saturated rings. The quantitative estimate of drug-likeness (QED) is 0.593. The van der Waals surface area contributed by atoms with E-state index in [2.05, 4.69) is 35.5 Å². The third kappa shape index (κ3) is 6.14. The molecule has 0 aromatic rings. The average Bonchev–Trinajstić information content (AvgIpc) is 2.36. The molecule has 19 heavy (non-hydrogen) atoms. The molecule has 0 radical (unpaired) electrons. The first kappa shape index (κ1) is 17.3. The van der Waals surface area contributed by atoms with Gasteiger partial charge in [0.2, 0.25) is 5.66 Å². The lowest BCUT2D eigenvalue weighted by Gasteiger charge is -2.18. The number of carboxylic acid groups (broad SMARTS) is 1. The van der Waals surface area contributed by atoms with Gasteiger partial charge in [-0.25, -0.2) is 0 Å². The van der Waals surface area contributed by atoms with Crippen molar-refractivity contribution >= 4 is 13.6 Å². The van der Waals surface area contributed by atoms with Gasteiger partial charge in [-0.05, 0) is 20.8 Å². The average molecular weight is 282 g/mol. The maximum absolute atomic E-state index is 12.4. The monoisotopic (exact) mass is 282 g/mol. The van der Waals surface area contributed by atoms with Crippen LogP contribution in [0, 0.1) is 35.5 Å². The summed E-state index contributed by atoms with van der Waals surface area (Å²) in [4.78, 5) is 11.1. The molecule has 1 unspecified atom stereocenters. The Morgan fingerprint density at radius 2 is 1.58 bits per heavy atom. The van der Waals surface area contributed by atoms with Crippen molar-refractivity contribution < 1.29 is 23.5 Å². The van der Waals surface area contributed by atoms with Crippen molar-refractivity contribution in [2.75, 3.05) is 13.2 Å². The molecule has 1 N–H and O–H groups in total. The van der Waals surface area contributed by atoms with Crippen molar-refractivity contribution in [2.24, 2.45) is 0 Å². The predicted octanol–water partition coefficient (Wildman–Crippen LogP) is 1.74. The number of hydrogen-bond acceptors (Lipinski definition) is 4. The molecule has 6 heteroatoms. The molecule has 0 saturated carbocycles. The van der Waals surface area contributed by atoms with Gasteiger partial charge in [-0.15, -0.1) is 17.8 Å². The molecule has 1 atom stereocenters. The summed E-state index contributed by atoms with van der Waals surface area (Å²) in [5.74, 6) is 13.5. The molecule has 0 bridgehead atoms. The Hall–Kier alpha value is -1.70. The van der Waals surface area contributed by atoms with Crippen molar-refractivity contribution in [1.29, 1.82) is 0 Å². The second-order valence-corrected chi connectivity index (χ2v) is 5.19. The first-order valence-electron chi connectivity index (χ1n) is 5.35. The Kier molecular flexibility index (Phi) is 8.43. The van der Waals surface area contributed by atoms with Crippen LogP contribution in [0.2, 0.25) is 0 Å². The van der Waals surface area contributed by atoms with Crippen LogP contribution < -0.4 is 0 Å². The van der Waals surface area contributed by atoms with E-state index < -0.39 is 19.2 Å². The van der Waals surface area contributed by atoms with E-state index in [1.807, 2.05) is 0 Å². The van der Waals surface area contributed by atoms with E-state index in [4.69, 9.17) is 14.2 Å². The minimum atomic E-state index is -3.94. The number of carboxylic acids is 1. The van der Waals surface area contributed by atoms with Crippen molar-refractivity contribution in [3.05, 3.63) is 0 Å². The largest absolute Gasteiger partial charge is 0.480 e. The summed E-state index contributed by atoms with van der Waals surface area (Å²) < 4.78 is 22.4. The van der Waals surface area contributed by atoms with E-state index in [1.165, 1.54) is 6.92 Å². The Bertz CT molecular complexity index is 505. The molecule has 0 saturated heterocycles. The van der Waals surface area contributed by atoms with Gasteiger partial charge in [0.15, 0.2) is 0 Å². The van der Waals surface area contributed by atoms with Gasteiger partial charge in [0.05, 0.1) is 0 Å². The zero-order valence-corrected chi connectivity index (χ0v) is 11.9. The molecule has 0 aromatic heterocycles. The van der Waals surface area contributed by atoms with Crippen LogP contribution in [0.3, 0.4) is 0 Å². The van der Waals surface area contributed by atoms with E-state index in [0.29, 0.717) is 0 Å². The molecular formula is C13H15O5P. The van der Waals surface area contributed by atoms with Gasteiger partial charge in [-0.3, -0.25) is 18.4 Å². The highest BCUT2D eigenvalue weighted by Crippen LogP contribution is 2.52. The summed E-state index contributed by atoms with van der Waals surface area (Å²) in [6.45, 7) is 4.22. The highest BCUT2D eigenvalue weighted by atomic mass is 31.2. The second-order valence-electron chi connectivity index (χ2n) is 3.08. The molecule has 0 spiro atoms. The Labute approximate surface area is 113 Å². The van der Waals surface area contributed by atoms with Crippen LogP contribution >= 0.6 is 7.60 Å². The van der Waals surface area contributed by atoms with Crippen LogP contribution in [-0.4, -0.2) is 29.9 Å². The van der Waals surface area contributed by atoms with Gasteiger partial charge in [-0.2, -0.15) is 0 Å². The Balaban J connectivity index is 5.19. The molecule has 0 heterocycles. The zero-order valence-electron chi connectivity index (χ0n) is 11.0.